The van der Waals surface area contributed by atoms with Gasteiger partial charge in [0.25, 0.3) is 0 Å². The van der Waals surface area contributed by atoms with E-state index in [-0.39, 0.29) is 0 Å². The fraction of sp³-hybridized carbons (Fsp3) is 1.00. The van der Waals surface area contributed by atoms with Crippen LogP contribution in [0.2, 0.25) is 50.6 Å². The first-order chi connectivity index (χ1) is 6.54. The Morgan fingerprint density at radius 1 is 0.667 bits per heavy atom. The molecule has 0 rings (SSSR count). The van der Waals surface area contributed by atoms with E-state index in [0.717, 1.165) is 0 Å². The van der Waals surface area contributed by atoms with Crippen LogP contribution in [0, 0.1) is 0 Å². The van der Waals surface area contributed by atoms with Crippen molar-refractivity contribution >= 4 is 24.7 Å². The molecule has 0 N–H and O–H groups in total. The van der Waals surface area contributed by atoms with E-state index in [4.69, 9.17) is 8.85 Å². The van der Waals surface area contributed by atoms with Gasteiger partial charge in [0.05, 0.1) is 0 Å². The van der Waals surface area contributed by atoms with Crippen molar-refractivity contribution in [3.8, 4) is 0 Å². The highest BCUT2D eigenvalue weighted by molar-refractivity contribution is 6.99. The van der Waals surface area contributed by atoms with Gasteiger partial charge in [0.2, 0.25) is 0 Å². The molecular weight excluding hydrogens is 236 g/mol. The second-order valence-electron chi connectivity index (χ2n) is 6.45. The van der Waals surface area contributed by atoms with E-state index >= 15 is 0 Å². The van der Waals surface area contributed by atoms with E-state index in [0.29, 0.717) is 0 Å². The van der Waals surface area contributed by atoms with Crippen LogP contribution in [0.1, 0.15) is 0 Å². The van der Waals surface area contributed by atoms with Crippen LogP contribution in [-0.2, 0) is 8.85 Å². The van der Waals surface area contributed by atoms with Crippen molar-refractivity contribution in [3.05, 3.63) is 0 Å². The van der Waals surface area contributed by atoms with Crippen LogP contribution in [0.3, 0.4) is 0 Å². The van der Waals surface area contributed by atoms with Gasteiger partial charge in [-0.05, 0) is 37.5 Å². The monoisotopic (exact) mass is 264 g/mol. The minimum atomic E-state index is -1.40. The molecule has 0 aliphatic carbocycles. The summed E-state index contributed by atoms with van der Waals surface area (Å²) in [5.41, 5.74) is 2.69. The lowest BCUT2D eigenvalue weighted by Crippen LogP contribution is -2.47. The molecule has 0 aromatic heterocycles. The molecule has 0 spiro atoms. The number of hydrogen-bond acceptors (Lipinski definition) is 2. The highest BCUT2D eigenvalue weighted by atomic mass is 28.4. The zero-order valence-corrected chi connectivity index (χ0v) is 14.7. The van der Waals surface area contributed by atoms with E-state index in [1.165, 1.54) is 11.3 Å². The molecule has 0 amide bonds. The highest BCUT2D eigenvalue weighted by Crippen LogP contribution is 2.28. The Morgan fingerprint density at radius 3 is 1.13 bits per heavy atom. The molecular formula is C10H28O2Si3. The normalized spacial score (nSPS) is 14.4. The average molecular weight is 265 g/mol. The van der Waals surface area contributed by atoms with Crippen molar-refractivity contribution < 1.29 is 8.85 Å². The largest absolute Gasteiger partial charge is 0.421 e. The lowest BCUT2D eigenvalue weighted by Gasteiger charge is -2.35. The molecule has 92 valence electrons. The standard InChI is InChI=1S/C10H28O2Si3/c1-11-14(5,6)9-13(3,4)10-15(7,8)12-2/h9-10H2,1-8H3. The lowest BCUT2D eigenvalue weighted by atomic mass is 11.7. The van der Waals surface area contributed by atoms with Gasteiger partial charge in [-0.2, -0.15) is 0 Å². The SMILES string of the molecule is CO[Si](C)(C)C[Si](C)(C)C[Si](C)(C)OC. The summed E-state index contributed by atoms with van der Waals surface area (Å²) in [6, 6.07) is 0. The van der Waals surface area contributed by atoms with Gasteiger partial charge < -0.3 is 8.85 Å². The molecule has 15 heavy (non-hydrogen) atoms. The highest BCUT2D eigenvalue weighted by Gasteiger charge is 2.38. The summed E-state index contributed by atoms with van der Waals surface area (Å²) >= 11 is 0. The molecule has 0 aliphatic heterocycles. The average Bonchev–Trinajstić information content (AvgIpc) is 2.00. The van der Waals surface area contributed by atoms with Crippen LogP contribution in [0.25, 0.3) is 0 Å². The van der Waals surface area contributed by atoms with Crippen molar-refractivity contribution in [2.24, 2.45) is 0 Å². The first-order valence-corrected chi connectivity index (χ1v) is 15.3. The van der Waals surface area contributed by atoms with Crippen LogP contribution in [-0.4, -0.2) is 38.9 Å². The van der Waals surface area contributed by atoms with Gasteiger partial charge in [-0.25, -0.2) is 0 Å². The fourth-order valence-electron chi connectivity index (χ4n) is 2.51. The molecule has 0 bridgehead atoms. The van der Waals surface area contributed by atoms with E-state index in [1.807, 2.05) is 14.2 Å². The molecule has 0 fully saturated rings. The van der Waals surface area contributed by atoms with Gasteiger partial charge in [-0.15, -0.1) is 0 Å². The molecule has 0 aliphatic rings. The van der Waals surface area contributed by atoms with Crippen molar-refractivity contribution in [1.29, 1.82) is 0 Å². The van der Waals surface area contributed by atoms with Crippen molar-refractivity contribution in [1.82, 2.24) is 0 Å². The molecule has 0 heterocycles. The summed E-state index contributed by atoms with van der Waals surface area (Å²) in [6.45, 7) is 14.3. The third-order valence-corrected chi connectivity index (χ3v) is 19.6. The first kappa shape index (κ1) is 15.6. The summed E-state index contributed by atoms with van der Waals surface area (Å²) in [5, 5.41) is 0. The quantitative estimate of drug-likeness (QED) is 0.684. The Bertz CT molecular complexity index is 183. The Morgan fingerprint density at radius 2 is 0.933 bits per heavy atom. The van der Waals surface area contributed by atoms with Gasteiger partial charge in [0, 0.05) is 22.3 Å². The van der Waals surface area contributed by atoms with Gasteiger partial charge in [-0.3, -0.25) is 0 Å². The minimum Gasteiger partial charge on any atom is -0.421 e. The minimum absolute atomic E-state index is 1.14. The van der Waals surface area contributed by atoms with E-state index in [2.05, 4.69) is 39.3 Å². The predicted octanol–water partition coefficient (Wildman–Crippen LogP) is 3.48. The Hall–Kier alpha value is 0.571. The molecule has 0 aromatic rings. The maximum atomic E-state index is 5.67. The van der Waals surface area contributed by atoms with Crippen molar-refractivity contribution in [2.45, 2.75) is 50.6 Å². The summed E-state index contributed by atoms with van der Waals surface area (Å²) in [7, 11) is -0.195. The third kappa shape index (κ3) is 6.68. The molecule has 0 aromatic carbocycles. The second kappa shape index (κ2) is 5.27. The van der Waals surface area contributed by atoms with Crippen LogP contribution in [0.15, 0.2) is 0 Å². The Balaban J connectivity index is 4.43. The first-order valence-electron chi connectivity index (χ1n) is 5.64. The smallest absolute Gasteiger partial charge is 0.183 e. The summed E-state index contributed by atoms with van der Waals surface area (Å²) in [4.78, 5) is 0. The maximum Gasteiger partial charge on any atom is 0.183 e. The Labute approximate surface area is 98.6 Å². The summed E-state index contributed by atoms with van der Waals surface area (Å²) in [6.07, 6.45) is 0. The molecule has 0 saturated heterocycles. The van der Waals surface area contributed by atoms with Gasteiger partial charge in [-0.1, -0.05) is 13.1 Å². The zero-order valence-electron chi connectivity index (χ0n) is 11.7. The second-order valence-corrected chi connectivity index (χ2v) is 21.5. The molecule has 0 unspecified atom stereocenters. The van der Waals surface area contributed by atoms with Crippen molar-refractivity contribution in [3.63, 3.8) is 0 Å². The molecule has 0 saturated carbocycles. The number of rotatable bonds is 6. The number of hydrogen-bond donors (Lipinski definition) is 0. The fourth-order valence-corrected chi connectivity index (χ4v) is 23.7. The van der Waals surface area contributed by atoms with Crippen LogP contribution < -0.4 is 0 Å². The van der Waals surface area contributed by atoms with E-state index in [9.17, 15) is 0 Å². The van der Waals surface area contributed by atoms with Crippen LogP contribution in [0.5, 0.6) is 0 Å². The van der Waals surface area contributed by atoms with Crippen LogP contribution in [0.4, 0.5) is 0 Å². The maximum absolute atomic E-state index is 5.67. The third-order valence-electron chi connectivity index (χ3n) is 2.91. The topological polar surface area (TPSA) is 18.5 Å². The summed E-state index contributed by atoms with van der Waals surface area (Å²) in [5.74, 6) is 0. The van der Waals surface area contributed by atoms with E-state index < -0.39 is 24.7 Å². The van der Waals surface area contributed by atoms with Crippen molar-refractivity contribution in [2.75, 3.05) is 14.2 Å². The lowest BCUT2D eigenvalue weighted by molar-refractivity contribution is 0.406. The molecule has 5 heteroatoms. The zero-order chi connectivity index (χ0) is 12.3. The molecule has 0 radical (unpaired) electrons. The van der Waals surface area contributed by atoms with Gasteiger partial charge in [0.1, 0.15) is 0 Å². The Kier molecular flexibility index (Phi) is 5.47. The van der Waals surface area contributed by atoms with Gasteiger partial charge in [0.15, 0.2) is 16.6 Å². The van der Waals surface area contributed by atoms with E-state index in [1.54, 1.807) is 0 Å². The predicted molar refractivity (Wildman–Crippen MR) is 76.1 cm³/mol. The molecule has 0 atom stereocenters. The van der Waals surface area contributed by atoms with Crippen LogP contribution >= 0.6 is 0 Å². The summed E-state index contributed by atoms with van der Waals surface area (Å²) < 4.78 is 11.3. The molecule has 2 nitrogen and oxygen atoms in total. The van der Waals surface area contributed by atoms with Gasteiger partial charge >= 0.3 is 0 Å².